The quantitative estimate of drug-likeness (QED) is 0.457. The zero-order valence-electron chi connectivity index (χ0n) is 19.4. The number of alkyl halides is 3. The van der Waals surface area contributed by atoms with Gasteiger partial charge in [0.2, 0.25) is 0 Å². The van der Waals surface area contributed by atoms with Crippen LogP contribution in [0.4, 0.5) is 35.3 Å². The number of aliphatic hydroxyl groups excluding tert-OH is 2. The summed E-state index contributed by atoms with van der Waals surface area (Å²) in [6.07, 6.45) is -1.93. The smallest absolute Gasteiger partial charge is 0.416 e. The molecule has 1 fully saturated rings. The molecule has 2 atom stereocenters. The van der Waals surface area contributed by atoms with Crippen LogP contribution in [0.3, 0.4) is 0 Å². The summed E-state index contributed by atoms with van der Waals surface area (Å²) < 4.78 is 45.1. The molecule has 2 amide bonds. The lowest BCUT2D eigenvalue weighted by molar-refractivity contribution is -0.137. The van der Waals surface area contributed by atoms with E-state index >= 15 is 0 Å². The Kier molecular flexibility index (Phi) is 6.56. The zero-order valence-corrected chi connectivity index (χ0v) is 19.4. The zero-order chi connectivity index (χ0) is 26.2. The molecule has 3 N–H and O–H groups in total. The molecule has 37 heavy (non-hydrogen) atoms. The summed E-state index contributed by atoms with van der Waals surface area (Å²) in [5.41, 5.74) is -0.0189. The lowest BCUT2D eigenvalue weighted by atomic mass is 10.1. The highest BCUT2D eigenvalue weighted by molar-refractivity contribution is 6.04. The normalized spacial score (nSPS) is 17.4. The fourth-order valence-electron chi connectivity index (χ4n) is 4.33. The van der Waals surface area contributed by atoms with E-state index in [9.17, 15) is 23.1 Å². The van der Waals surface area contributed by atoms with Crippen molar-refractivity contribution in [3.8, 4) is 17.1 Å². The molecule has 0 aliphatic carbocycles. The molecule has 1 unspecified atom stereocenters. The Bertz CT molecular complexity index is 1310. The Morgan fingerprint density at radius 1 is 1.24 bits per heavy atom. The van der Waals surface area contributed by atoms with E-state index in [4.69, 9.17) is 9.84 Å². The maximum atomic E-state index is 13.4. The predicted octanol–water partition coefficient (Wildman–Crippen LogP) is 2.92. The first-order chi connectivity index (χ1) is 17.7. The summed E-state index contributed by atoms with van der Waals surface area (Å²) in [5, 5.41) is 21.1. The van der Waals surface area contributed by atoms with Gasteiger partial charge in [-0.15, -0.1) is 0 Å². The van der Waals surface area contributed by atoms with Gasteiger partial charge in [0.25, 0.3) is 0 Å². The van der Waals surface area contributed by atoms with E-state index in [1.54, 1.807) is 6.07 Å². The number of halogens is 3. The second-order valence-corrected chi connectivity index (χ2v) is 8.69. The number of ether oxygens (including phenoxy) is 1. The summed E-state index contributed by atoms with van der Waals surface area (Å²) >= 11 is 0. The first-order valence-corrected chi connectivity index (χ1v) is 11.5. The highest BCUT2D eigenvalue weighted by atomic mass is 19.4. The monoisotopic (exact) mass is 516 g/mol. The van der Waals surface area contributed by atoms with Gasteiger partial charge in [-0.05, 0) is 24.6 Å². The van der Waals surface area contributed by atoms with Crippen LogP contribution in [0.2, 0.25) is 0 Å². The SMILES string of the molecule is O=C(Nc1cc(OC[C@@H](O)CO)ccn1)N1c2nc(-c3cccc(C(F)(F)F)c3)ncc2N2CCC1C2. The number of hydrogen-bond acceptors (Lipinski definition) is 8. The summed E-state index contributed by atoms with van der Waals surface area (Å²) in [6.45, 7) is 0.664. The number of rotatable bonds is 6. The number of amides is 2. The first-order valence-electron chi connectivity index (χ1n) is 11.5. The third-order valence-electron chi connectivity index (χ3n) is 6.13. The van der Waals surface area contributed by atoms with Crippen molar-refractivity contribution in [2.24, 2.45) is 0 Å². The van der Waals surface area contributed by atoms with E-state index in [0.717, 1.165) is 12.1 Å². The molecule has 2 aliphatic heterocycles. The Morgan fingerprint density at radius 2 is 2.08 bits per heavy atom. The number of benzene rings is 1. The molecular weight excluding hydrogens is 493 g/mol. The number of aliphatic hydroxyl groups is 2. The lowest BCUT2D eigenvalue weighted by Gasteiger charge is -2.35. The summed E-state index contributed by atoms with van der Waals surface area (Å²) in [5.74, 6) is 0.890. The Hall–Kier alpha value is -3.97. The van der Waals surface area contributed by atoms with Crippen molar-refractivity contribution in [2.75, 3.05) is 41.4 Å². The van der Waals surface area contributed by atoms with Crippen LogP contribution in [0.25, 0.3) is 11.4 Å². The van der Waals surface area contributed by atoms with Gasteiger partial charge < -0.3 is 19.8 Å². The van der Waals surface area contributed by atoms with Crippen LogP contribution in [0, 0.1) is 0 Å². The number of carbonyl (C=O) groups excluding carboxylic acids is 1. The summed E-state index contributed by atoms with van der Waals surface area (Å²) in [4.78, 5) is 29.9. The topological polar surface area (TPSA) is 124 Å². The van der Waals surface area contributed by atoms with Gasteiger partial charge >= 0.3 is 12.2 Å². The Balaban J connectivity index is 1.42. The second-order valence-electron chi connectivity index (χ2n) is 8.69. The van der Waals surface area contributed by atoms with Crippen LogP contribution in [-0.2, 0) is 6.18 Å². The molecule has 0 saturated carbocycles. The second kappa shape index (κ2) is 9.82. The van der Waals surface area contributed by atoms with Crippen molar-refractivity contribution >= 4 is 23.4 Å². The van der Waals surface area contributed by atoms with Crippen molar-refractivity contribution in [2.45, 2.75) is 24.7 Å². The standard InChI is InChI=1S/C24H23F3N6O4/c25-24(26,27)15-3-1-2-14(8-15)21-29-10-19-22(31-21)33(16-5-7-32(19)11-16)23(36)30-20-9-18(4-6-28-20)37-13-17(35)12-34/h1-4,6,8-10,16-17,34-35H,5,7,11-13H2,(H,28,30,36)/t16?,17-/m0/s1. The van der Waals surface area contributed by atoms with Gasteiger partial charge in [0, 0.05) is 30.9 Å². The number of anilines is 3. The summed E-state index contributed by atoms with van der Waals surface area (Å²) in [6, 6.07) is 7.04. The third-order valence-corrected chi connectivity index (χ3v) is 6.13. The average molecular weight is 516 g/mol. The lowest BCUT2D eigenvalue weighted by Crippen LogP contribution is -2.48. The minimum absolute atomic E-state index is 0.0705. The predicted molar refractivity (Wildman–Crippen MR) is 127 cm³/mol. The molecule has 3 aromatic rings. The van der Waals surface area contributed by atoms with Gasteiger partial charge in [-0.1, -0.05) is 12.1 Å². The van der Waals surface area contributed by atoms with Crippen LogP contribution in [0.1, 0.15) is 12.0 Å². The van der Waals surface area contributed by atoms with Crippen molar-refractivity contribution in [3.05, 3.63) is 54.4 Å². The minimum Gasteiger partial charge on any atom is -0.491 e. The van der Waals surface area contributed by atoms with Crippen LogP contribution >= 0.6 is 0 Å². The molecule has 2 bridgehead atoms. The van der Waals surface area contributed by atoms with E-state index in [2.05, 4.69) is 20.3 Å². The van der Waals surface area contributed by atoms with Gasteiger partial charge in [0.1, 0.15) is 24.3 Å². The van der Waals surface area contributed by atoms with Gasteiger partial charge in [-0.2, -0.15) is 13.2 Å². The third kappa shape index (κ3) is 5.13. The fourth-order valence-corrected chi connectivity index (χ4v) is 4.33. The van der Waals surface area contributed by atoms with E-state index in [1.807, 2.05) is 4.90 Å². The van der Waals surface area contributed by atoms with Gasteiger partial charge in [0.15, 0.2) is 11.6 Å². The molecule has 2 aliphatic rings. The van der Waals surface area contributed by atoms with Crippen LogP contribution in [-0.4, -0.2) is 69.6 Å². The van der Waals surface area contributed by atoms with Crippen molar-refractivity contribution in [3.63, 3.8) is 0 Å². The maximum Gasteiger partial charge on any atom is 0.416 e. The number of aromatic nitrogens is 3. The van der Waals surface area contributed by atoms with Crippen LogP contribution in [0.5, 0.6) is 5.75 Å². The van der Waals surface area contributed by atoms with Crippen molar-refractivity contribution in [1.29, 1.82) is 0 Å². The Morgan fingerprint density at radius 3 is 2.86 bits per heavy atom. The van der Waals surface area contributed by atoms with E-state index in [1.165, 1.54) is 35.5 Å². The molecule has 4 heterocycles. The van der Waals surface area contributed by atoms with Crippen LogP contribution in [0.15, 0.2) is 48.8 Å². The number of pyridine rings is 1. The molecule has 13 heteroatoms. The number of carbonyl (C=O) groups is 1. The van der Waals surface area contributed by atoms with Gasteiger partial charge in [0.05, 0.1) is 30.1 Å². The molecule has 2 aromatic heterocycles. The molecule has 0 radical (unpaired) electrons. The maximum absolute atomic E-state index is 13.4. The fraction of sp³-hybridized carbons (Fsp3) is 0.333. The van der Waals surface area contributed by atoms with E-state index < -0.39 is 30.5 Å². The molecular formula is C24H23F3N6O4. The first kappa shape index (κ1) is 24.7. The molecule has 1 saturated heterocycles. The van der Waals surface area contributed by atoms with Crippen molar-refractivity contribution in [1.82, 2.24) is 15.0 Å². The minimum atomic E-state index is -4.51. The molecule has 1 aromatic carbocycles. The number of fused-ring (bicyclic) bond motifs is 4. The molecule has 194 valence electrons. The van der Waals surface area contributed by atoms with E-state index in [-0.39, 0.29) is 29.9 Å². The average Bonchev–Trinajstić information content (AvgIpc) is 3.31. The number of hydrogen-bond donors (Lipinski definition) is 3. The largest absolute Gasteiger partial charge is 0.491 e. The van der Waals surface area contributed by atoms with Gasteiger partial charge in [-0.25, -0.2) is 19.7 Å². The summed E-state index contributed by atoms with van der Waals surface area (Å²) in [7, 11) is 0. The number of nitrogens with zero attached hydrogens (tertiary/aromatic N) is 5. The molecule has 10 nitrogen and oxygen atoms in total. The highest BCUT2D eigenvalue weighted by Gasteiger charge is 2.41. The molecule has 0 spiro atoms. The van der Waals surface area contributed by atoms with E-state index in [0.29, 0.717) is 36.8 Å². The Labute approximate surface area is 209 Å². The van der Waals surface area contributed by atoms with Crippen LogP contribution < -0.4 is 19.9 Å². The van der Waals surface area contributed by atoms with Gasteiger partial charge in [-0.3, -0.25) is 10.2 Å². The molecule has 5 rings (SSSR count). The number of nitrogens with one attached hydrogen (secondary N) is 1. The highest BCUT2D eigenvalue weighted by Crippen LogP contribution is 2.40. The number of urea groups is 1. The van der Waals surface area contributed by atoms with Crippen molar-refractivity contribution < 1.29 is 32.9 Å².